The largest absolute Gasteiger partial charge is 0.386 e. The van der Waals surface area contributed by atoms with Crippen LogP contribution in [0.2, 0.25) is 0 Å². The number of thioether (sulfide) groups is 11. The van der Waals surface area contributed by atoms with Gasteiger partial charge >= 0.3 is 0 Å². The highest BCUT2D eigenvalue weighted by molar-refractivity contribution is 8.30. The third-order valence-electron chi connectivity index (χ3n) is 2.44. The van der Waals surface area contributed by atoms with Crippen LogP contribution < -0.4 is 5.32 Å². The first kappa shape index (κ1) is 35.1. The Morgan fingerprint density at radius 2 is 1.44 bits per heavy atom. The van der Waals surface area contributed by atoms with Gasteiger partial charge < -0.3 is 10.4 Å². The lowest BCUT2D eigenvalue weighted by Gasteiger charge is -2.05. The fourth-order valence-electron chi connectivity index (χ4n) is 1.29. The van der Waals surface area contributed by atoms with Gasteiger partial charge in [0.25, 0.3) is 5.24 Å². The van der Waals surface area contributed by atoms with Crippen LogP contribution in [0.3, 0.4) is 0 Å². The van der Waals surface area contributed by atoms with Crippen molar-refractivity contribution < 1.29 is 14.1 Å². The maximum absolute atomic E-state index is 11.8. The second-order valence-electron chi connectivity index (χ2n) is 4.87. The van der Waals surface area contributed by atoms with E-state index in [1.54, 1.807) is 47.0 Å². The van der Waals surface area contributed by atoms with E-state index in [9.17, 15) is 9.00 Å². The van der Waals surface area contributed by atoms with Gasteiger partial charge in [0.1, 0.15) is 0 Å². The van der Waals surface area contributed by atoms with Crippen LogP contribution >= 0.6 is 129 Å². The highest BCUT2D eigenvalue weighted by atomic mass is 32.3. The number of rotatable bonds is 24. The molecule has 1 unspecified atom stereocenters. The summed E-state index contributed by atoms with van der Waals surface area (Å²) in [5.74, 6) is 1.39. The zero-order valence-corrected chi connectivity index (χ0v) is 27.5. The van der Waals surface area contributed by atoms with Crippen molar-refractivity contribution in [2.24, 2.45) is 4.99 Å². The van der Waals surface area contributed by atoms with Crippen molar-refractivity contribution in [2.75, 3.05) is 69.7 Å². The Morgan fingerprint density at radius 3 is 2.12 bits per heavy atom. The van der Waals surface area contributed by atoms with Gasteiger partial charge in [-0.15, -0.1) is 106 Å². The van der Waals surface area contributed by atoms with Crippen LogP contribution in [0.4, 0.5) is 4.79 Å². The summed E-state index contributed by atoms with van der Waals surface area (Å²) in [6.45, 7) is 0. The Hall–Kier alpha value is 3.10. The number of hydrogen-bond donors (Lipinski definition) is 2. The number of carbonyl (C=O) groups is 1. The van der Waals surface area contributed by atoms with Crippen molar-refractivity contribution in [3.8, 4) is 0 Å². The first-order chi connectivity index (χ1) is 15.7. The van der Waals surface area contributed by atoms with Crippen molar-refractivity contribution >= 4 is 151 Å². The Balaban J connectivity index is 3.27. The van der Waals surface area contributed by atoms with Gasteiger partial charge in [0.15, 0.2) is 0 Å². The molecule has 32 heavy (non-hydrogen) atoms. The summed E-state index contributed by atoms with van der Waals surface area (Å²) in [4.78, 5) is 15.9. The summed E-state index contributed by atoms with van der Waals surface area (Å²) in [5.41, 5.74) is 1.52. The van der Waals surface area contributed by atoms with E-state index in [0.717, 1.165) is 40.7 Å². The molecule has 0 saturated heterocycles. The molecular weight excluding hydrogens is 641 g/mol. The molecule has 5 nitrogen and oxygen atoms in total. The maximum Gasteiger partial charge on any atom is 0.280 e. The lowest BCUT2D eigenvalue weighted by Crippen LogP contribution is -2.17. The number of nitrogens with one attached hydrogen (secondary N) is 1. The van der Waals surface area contributed by atoms with Gasteiger partial charge in [-0.05, 0) is 6.26 Å². The molecular formula is C15H30N2O3S12. The van der Waals surface area contributed by atoms with Crippen molar-refractivity contribution in [3.05, 3.63) is 0 Å². The van der Waals surface area contributed by atoms with Crippen LogP contribution in [0.1, 0.15) is 0 Å². The van der Waals surface area contributed by atoms with E-state index in [2.05, 4.69) is 16.6 Å². The lowest BCUT2D eigenvalue weighted by molar-refractivity contribution is 0.262. The maximum atomic E-state index is 11.8. The van der Waals surface area contributed by atoms with Crippen LogP contribution in [0.15, 0.2) is 4.99 Å². The first-order valence-corrected chi connectivity index (χ1v) is 22.9. The fourth-order valence-corrected chi connectivity index (χ4v) is 13.7. The number of aliphatic imine (C=N–C) groups is 1. The molecule has 0 aliphatic heterocycles. The molecule has 0 fully saturated rings. The van der Waals surface area contributed by atoms with Gasteiger partial charge in [0.2, 0.25) is 0 Å². The summed E-state index contributed by atoms with van der Waals surface area (Å²) >= 11 is 19.0. The number of carbonyl (C=O) groups excluding carboxylic acids is 1. The van der Waals surface area contributed by atoms with E-state index in [1.807, 2.05) is 58.8 Å². The molecule has 0 saturated carbocycles. The molecule has 190 valence electrons. The number of aliphatic hydroxyl groups excluding tert-OH is 1. The summed E-state index contributed by atoms with van der Waals surface area (Å²) < 4.78 is 11.6. The highest BCUT2D eigenvalue weighted by Crippen LogP contribution is 2.23. The minimum atomic E-state index is -1.03. The molecule has 0 rings (SSSR count). The molecule has 0 aliphatic rings. The SMILES string of the molecule is CSCSCSCSCSC(=O)NCSCSCSCSCN=CS(=O)CSCSCO. The average Bonchev–Trinajstić information content (AvgIpc) is 2.79. The summed E-state index contributed by atoms with van der Waals surface area (Å²) in [6, 6.07) is 0. The van der Waals surface area contributed by atoms with E-state index < -0.39 is 10.8 Å². The first-order valence-electron chi connectivity index (χ1n) is 8.78. The van der Waals surface area contributed by atoms with Crippen molar-refractivity contribution in [1.82, 2.24) is 5.32 Å². The van der Waals surface area contributed by atoms with E-state index in [0.29, 0.717) is 16.8 Å². The van der Waals surface area contributed by atoms with Gasteiger partial charge in [0.05, 0.1) is 39.1 Å². The zero-order chi connectivity index (χ0) is 23.5. The minimum Gasteiger partial charge on any atom is -0.386 e. The second kappa shape index (κ2) is 30.3. The smallest absolute Gasteiger partial charge is 0.280 e. The van der Waals surface area contributed by atoms with Crippen LogP contribution in [0.25, 0.3) is 0 Å². The average molecular weight is 671 g/mol. The minimum absolute atomic E-state index is 0.0617. The number of nitrogens with zero attached hydrogens (tertiary/aromatic N) is 1. The third kappa shape index (κ3) is 29.3. The molecule has 17 heteroatoms. The molecule has 0 aromatic carbocycles. The van der Waals surface area contributed by atoms with Gasteiger partial charge in [-0.3, -0.25) is 14.0 Å². The standard InChI is InChI=1S/C15H30N2O3S12/c1-21-6-25-10-28-12-29-13-31-15(19)17-3-23-8-27-11-26-7-22-2-16-4-32(20)14-30-9-24-5-18/h4,18H,2-3,5-14H2,1H3,(H,17,19). The molecule has 0 aromatic rings. The van der Waals surface area contributed by atoms with Crippen LogP contribution in [-0.2, 0) is 10.8 Å². The summed E-state index contributed by atoms with van der Waals surface area (Å²) in [7, 11) is -1.03. The molecule has 0 aromatic heterocycles. The van der Waals surface area contributed by atoms with Gasteiger partial charge in [-0.2, -0.15) is 11.8 Å². The lowest BCUT2D eigenvalue weighted by atomic mass is 11.2. The molecule has 0 bridgehead atoms. The van der Waals surface area contributed by atoms with E-state index in [4.69, 9.17) is 5.11 Å². The quantitative estimate of drug-likeness (QED) is 0.0498. The monoisotopic (exact) mass is 670 g/mol. The molecule has 0 radical (unpaired) electrons. The topological polar surface area (TPSA) is 78.8 Å². The highest BCUT2D eigenvalue weighted by Gasteiger charge is 2.02. The molecule has 1 amide bonds. The molecule has 0 spiro atoms. The predicted molar refractivity (Wildman–Crippen MR) is 175 cm³/mol. The summed E-state index contributed by atoms with van der Waals surface area (Å²) in [6.07, 6.45) is 2.12. The summed E-state index contributed by atoms with van der Waals surface area (Å²) in [5, 5.41) is 20.0. The number of aliphatic hydroxyl groups is 1. The van der Waals surface area contributed by atoms with E-state index >= 15 is 0 Å². The van der Waals surface area contributed by atoms with Crippen molar-refractivity contribution in [1.29, 1.82) is 0 Å². The normalized spacial score (nSPS) is 12.4. The van der Waals surface area contributed by atoms with E-state index in [-0.39, 0.29) is 11.2 Å². The predicted octanol–water partition coefficient (Wildman–Crippen LogP) is 6.65. The molecule has 0 aliphatic carbocycles. The van der Waals surface area contributed by atoms with Gasteiger partial charge in [0, 0.05) is 40.7 Å². The molecule has 2 N–H and O–H groups in total. The van der Waals surface area contributed by atoms with E-state index in [1.165, 1.54) is 29.1 Å². The van der Waals surface area contributed by atoms with Gasteiger partial charge in [-0.1, -0.05) is 11.8 Å². The Morgan fingerprint density at radius 1 is 0.844 bits per heavy atom. The zero-order valence-electron chi connectivity index (χ0n) is 17.7. The molecule has 1 atom stereocenters. The second-order valence-corrected chi connectivity index (χ2v) is 20.0. The van der Waals surface area contributed by atoms with Gasteiger partial charge in [-0.25, -0.2) is 0 Å². The fraction of sp³-hybridized carbons (Fsp3) is 0.867. The van der Waals surface area contributed by atoms with Crippen LogP contribution in [-0.4, -0.2) is 89.8 Å². The van der Waals surface area contributed by atoms with Crippen LogP contribution in [0.5, 0.6) is 0 Å². The number of hydrogen-bond acceptors (Lipinski definition) is 15. The molecule has 0 heterocycles. The third-order valence-corrected chi connectivity index (χ3v) is 16.4. The van der Waals surface area contributed by atoms with Crippen molar-refractivity contribution in [3.63, 3.8) is 0 Å². The Kier molecular flexibility index (Phi) is 33.3. The number of amides is 1. The Bertz CT molecular complexity index is 479. The van der Waals surface area contributed by atoms with Crippen molar-refractivity contribution in [2.45, 2.75) is 0 Å². The Labute approximate surface area is 242 Å². The van der Waals surface area contributed by atoms with Crippen LogP contribution in [0, 0.1) is 0 Å².